The highest BCUT2D eigenvalue weighted by atomic mass is 32.2. The van der Waals surface area contributed by atoms with Crippen LogP contribution in [0.3, 0.4) is 0 Å². The zero-order valence-electron chi connectivity index (χ0n) is 12.3. The molecule has 0 spiro atoms. The SMILES string of the molecule is Cc1ccc(S(=O)(=O)O/N=C2/CCCc3ccccc32)cc1. The minimum absolute atomic E-state index is 0.117. The van der Waals surface area contributed by atoms with Crippen molar-refractivity contribution in [3.05, 3.63) is 65.2 Å². The third-order valence-corrected chi connectivity index (χ3v) is 4.86. The van der Waals surface area contributed by atoms with E-state index in [4.69, 9.17) is 4.28 Å². The summed E-state index contributed by atoms with van der Waals surface area (Å²) in [6, 6.07) is 14.4. The second kappa shape index (κ2) is 5.93. The molecule has 0 saturated heterocycles. The summed E-state index contributed by atoms with van der Waals surface area (Å²) in [6.07, 6.45) is 2.66. The van der Waals surface area contributed by atoms with Crippen LogP contribution in [0.2, 0.25) is 0 Å². The van der Waals surface area contributed by atoms with E-state index in [0.717, 1.165) is 30.4 Å². The fourth-order valence-corrected chi connectivity index (χ4v) is 3.28. The van der Waals surface area contributed by atoms with E-state index in [9.17, 15) is 8.42 Å². The molecule has 0 fully saturated rings. The molecule has 22 heavy (non-hydrogen) atoms. The van der Waals surface area contributed by atoms with Crippen molar-refractivity contribution in [1.29, 1.82) is 0 Å². The summed E-state index contributed by atoms with van der Waals surface area (Å²) in [4.78, 5) is 0.117. The average Bonchev–Trinajstić information content (AvgIpc) is 2.53. The van der Waals surface area contributed by atoms with Crippen LogP contribution >= 0.6 is 0 Å². The smallest absolute Gasteiger partial charge is 0.264 e. The zero-order valence-corrected chi connectivity index (χ0v) is 13.1. The lowest BCUT2D eigenvalue weighted by molar-refractivity contribution is 0.337. The quantitative estimate of drug-likeness (QED) is 0.815. The lowest BCUT2D eigenvalue weighted by Gasteiger charge is -2.16. The van der Waals surface area contributed by atoms with Gasteiger partial charge in [0, 0.05) is 5.56 Å². The van der Waals surface area contributed by atoms with E-state index in [1.165, 1.54) is 17.7 Å². The van der Waals surface area contributed by atoms with Crippen LogP contribution in [0.4, 0.5) is 0 Å². The Balaban J connectivity index is 1.87. The predicted octanol–water partition coefficient (Wildman–Crippen LogP) is 3.44. The van der Waals surface area contributed by atoms with Crippen LogP contribution in [0.15, 0.2) is 58.6 Å². The lowest BCUT2D eigenvalue weighted by atomic mass is 9.90. The van der Waals surface area contributed by atoms with Crippen LogP contribution < -0.4 is 0 Å². The van der Waals surface area contributed by atoms with E-state index < -0.39 is 10.1 Å². The van der Waals surface area contributed by atoms with E-state index in [2.05, 4.69) is 5.16 Å². The number of rotatable bonds is 3. The Kier molecular flexibility index (Phi) is 3.98. The van der Waals surface area contributed by atoms with E-state index in [-0.39, 0.29) is 4.90 Å². The van der Waals surface area contributed by atoms with Gasteiger partial charge in [-0.25, -0.2) is 0 Å². The zero-order chi connectivity index (χ0) is 15.6. The van der Waals surface area contributed by atoms with Crippen LogP contribution in [0.5, 0.6) is 0 Å². The fourth-order valence-electron chi connectivity index (χ4n) is 2.54. The number of oxime groups is 1. The minimum Gasteiger partial charge on any atom is -0.264 e. The van der Waals surface area contributed by atoms with Gasteiger partial charge in [0.1, 0.15) is 4.90 Å². The van der Waals surface area contributed by atoms with Crippen LogP contribution in [0.1, 0.15) is 29.5 Å². The Morgan fingerprint density at radius 1 is 1.00 bits per heavy atom. The summed E-state index contributed by atoms with van der Waals surface area (Å²) in [7, 11) is -3.87. The number of benzene rings is 2. The third kappa shape index (κ3) is 3.04. The van der Waals surface area contributed by atoms with Crippen molar-refractivity contribution in [2.24, 2.45) is 5.16 Å². The molecule has 0 unspecified atom stereocenters. The maximum absolute atomic E-state index is 12.2. The summed E-state index contributed by atoms with van der Waals surface area (Å²) in [5.74, 6) is 0. The monoisotopic (exact) mass is 315 g/mol. The second-order valence-electron chi connectivity index (χ2n) is 5.39. The molecule has 5 heteroatoms. The highest BCUT2D eigenvalue weighted by Gasteiger charge is 2.19. The molecule has 1 aliphatic carbocycles. The summed E-state index contributed by atoms with van der Waals surface area (Å²) in [6.45, 7) is 1.90. The highest BCUT2D eigenvalue weighted by Crippen LogP contribution is 2.22. The molecule has 3 rings (SSSR count). The van der Waals surface area contributed by atoms with Gasteiger partial charge in [-0.15, -0.1) is 0 Å². The highest BCUT2D eigenvalue weighted by molar-refractivity contribution is 7.86. The van der Waals surface area contributed by atoms with Crippen molar-refractivity contribution in [2.45, 2.75) is 31.1 Å². The summed E-state index contributed by atoms with van der Waals surface area (Å²) in [5, 5.41) is 3.92. The van der Waals surface area contributed by atoms with E-state index in [0.29, 0.717) is 5.71 Å². The van der Waals surface area contributed by atoms with Crippen LogP contribution in [0.25, 0.3) is 0 Å². The van der Waals surface area contributed by atoms with Crippen LogP contribution in [-0.2, 0) is 20.8 Å². The molecule has 4 nitrogen and oxygen atoms in total. The minimum atomic E-state index is -3.87. The summed E-state index contributed by atoms with van der Waals surface area (Å²) in [5.41, 5.74) is 3.85. The lowest BCUT2D eigenvalue weighted by Crippen LogP contribution is -2.13. The first kappa shape index (κ1) is 14.8. The normalized spacial score (nSPS) is 16.3. The Bertz CT molecular complexity index is 808. The molecule has 2 aromatic carbocycles. The molecule has 0 bridgehead atoms. The summed E-state index contributed by atoms with van der Waals surface area (Å²) < 4.78 is 29.2. The first-order valence-electron chi connectivity index (χ1n) is 7.22. The maximum atomic E-state index is 12.2. The second-order valence-corrected chi connectivity index (χ2v) is 6.92. The standard InChI is InChI=1S/C17H17NO3S/c1-13-9-11-15(12-10-13)22(19,20)21-18-17-8-4-6-14-5-2-3-7-16(14)17/h2-3,5,7,9-12H,4,6,8H2,1H3/b18-17-. The van der Waals surface area contributed by atoms with Gasteiger partial charge in [0.2, 0.25) is 0 Å². The third-order valence-electron chi connectivity index (χ3n) is 3.74. The van der Waals surface area contributed by atoms with E-state index in [1.54, 1.807) is 12.1 Å². The molecule has 0 amide bonds. The van der Waals surface area contributed by atoms with E-state index >= 15 is 0 Å². The number of fused-ring (bicyclic) bond motifs is 1. The largest absolute Gasteiger partial charge is 0.358 e. The van der Waals surface area contributed by atoms with Gasteiger partial charge in [0.05, 0.1) is 5.71 Å². The molecule has 2 aromatic rings. The molecular formula is C17H17NO3S. The Hall–Kier alpha value is -2.14. The van der Waals surface area contributed by atoms with Gasteiger partial charge in [-0.3, -0.25) is 4.28 Å². The average molecular weight is 315 g/mol. The number of hydrogen-bond acceptors (Lipinski definition) is 4. The van der Waals surface area contributed by atoms with Crippen molar-refractivity contribution in [1.82, 2.24) is 0 Å². The van der Waals surface area contributed by atoms with Gasteiger partial charge in [-0.05, 0) is 43.9 Å². The number of aryl methyl sites for hydroxylation is 2. The molecule has 0 aromatic heterocycles. The summed E-state index contributed by atoms with van der Waals surface area (Å²) >= 11 is 0. The molecule has 0 radical (unpaired) electrons. The fraction of sp³-hybridized carbons (Fsp3) is 0.235. The van der Waals surface area contributed by atoms with Gasteiger partial charge in [0.25, 0.3) is 0 Å². The molecule has 0 aliphatic heterocycles. The molecule has 114 valence electrons. The molecule has 1 aliphatic rings. The predicted molar refractivity (Wildman–Crippen MR) is 85.4 cm³/mol. The van der Waals surface area contributed by atoms with Gasteiger partial charge in [-0.1, -0.05) is 47.1 Å². The molecule has 0 atom stereocenters. The van der Waals surface area contributed by atoms with E-state index in [1.807, 2.05) is 31.2 Å². The van der Waals surface area contributed by atoms with Crippen molar-refractivity contribution < 1.29 is 12.7 Å². The van der Waals surface area contributed by atoms with Crippen molar-refractivity contribution in [2.75, 3.05) is 0 Å². The molecular weight excluding hydrogens is 298 g/mol. The maximum Gasteiger partial charge on any atom is 0.358 e. The van der Waals surface area contributed by atoms with Crippen molar-refractivity contribution >= 4 is 15.8 Å². The first-order chi connectivity index (χ1) is 10.6. The first-order valence-corrected chi connectivity index (χ1v) is 8.62. The topological polar surface area (TPSA) is 55.7 Å². The Labute approximate surface area is 130 Å². The van der Waals surface area contributed by atoms with Gasteiger partial charge < -0.3 is 0 Å². The molecule has 0 saturated carbocycles. The molecule has 0 N–H and O–H groups in total. The van der Waals surface area contributed by atoms with Crippen molar-refractivity contribution in [3.8, 4) is 0 Å². The Morgan fingerprint density at radius 3 is 2.50 bits per heavy atom. The number of hydrogen-bond donors (Lipinski definition) is 0. The molecule has 0 heterocycles. The van der Waals surface area contributed by atoms with Gasteiger partial charge in [-0.2, -0.15) is 8.42 Å². The van der Waals surface area contributed by atoms with Crippen LogP contribution in [-0.4, -0.2) is 14.1 Å². The van der Waals surface area contributed by atoms with Crippen LogP contribution in [0, 0.1) is 6.92 Å². The number of nitrogens with zero attached hydrogens (tertiary/aromatic N) is 1. The van der Waals surface area contributed by atoms with Gasteiger partial charge in [0.15, 0.2) is 0 Å². The Morgan fingerprint density at radius 2 is 1.73 bits per heavy atom. The van der Waals surface area contributed by atoms with Gasteiger partial charge >= 0.3 is 10.1 Å². The van der Waals surface area contributed by atoms with Crippen molar-refractivity contribution in [3.63, 3.8) is 0 Å².